The molecular formula is C17H23N5. The second-order valence-electron chi connectivity index (χ2n) is 6.54. The van der Waals surface area contributed by atoms with Crippen molar-refractivity contribution < 1.29 is 0 Å². The van der Waals surface area contributed by atoms with Crippen molar-refractivity contribution in [3.8, 4) is 0 Å². The summed E-state index contributed by atoms with van der Waals surface area (Å²) in [5.74, 6) is 1.15. The van der Waals surface area contributed by atoms with Crippen molar-refractivity contribution in [3.63, 3.8) is 0 Å². The van der Waals surface area contributed by atoms with Crippen LogP contribution in [0.2, 0.25) is 0 Å². The summed E-state index contributed by atoms with van der Waals surface area (Å²) in [5.41, 5.74) is 2.42. The van der Waals surface area contributed by atoms with Gasteiger partial charge in [-0.05, 0) is 31.9 Å². The summed E-state index contributed by atoms with van der Waals surface area (Å²) in [7, 11) is 1.98. The highest BCUT2D eigenvalue weighted by atomic mass is 15.3. The Labute approximate surface area is 131 Å². The van der Waals surface area contributed by atoms with Gasteiger partial charge in [-0.15, -0.1) is 0 Å². The lowest BCUT2D eigenvalue weighted by molar-refractivity contribution is 0.246. The van der Waals surface area contributed by atoms with E-state index in [1.165, 1.54) is 24.9 Å². The molecule has 0 radical (unpaired) electrons. The average Bonchev–Trinajstić information content (AvgIpc) is 3.17. The Bertz CT molecular complexity index is 665. The van der Waals surface area contributed by atoms with Gasteiger partial charge < -0.3 is 4.90 Å². The molecule has 2 aliphatic rings. The predicted octanol–water partition coefficient (Wildman–Crippen LogP) is 1.98. The number of fused-ring (bicyclic) bond motifs is 1. The van der Waals surface area contributed by atoms with E-state index in [0.717, 1.165) is 24.6 Å². The van der Waals surface area contributed by atoms with E-state index in [9.17, 15) is 0 Å². The van der Waals surface area contributed by atoms with E-state index in [0.29, 0.717) is 12.1 Å². The largest absolute Gasteiger partial charge is 0.352 e. The third-order valence-corrected chi connectivity index (χ3v) is 5.00. The van der Waals surface area contributed by atoms with Crippen molar-refractivity contribution in [2.45, 2.75) is 38.4 Å². The van der Waals surface area contributed by atoms with Crippen LogP contribution in [0, 0.1) is 6.92 Å². The van der Waals surface area contributed by atoms with Gasteiger partial charge in [0.25, 0.3) is 0 Å². The molecule has 2 aliphatic heterocycles. The summed E-state index contributed by atoms with van der Waals surface area (Å²) in [5, 5.41) is 4.29. The van der Waals surface area contributed by atoms with Crippen LogP contribution in [-0.2, 0) is 13.6 Å². The average molecular weight is 297 g/mol. The van der Waals surface area contributed by atoms with E-state index in [1.54, 1.807) is 0 Å². The molecule has 0 bridgehead atoms. The van der Waals surface area contributed by atoms with Crippen LogP contribution in [0.4, 0.5) is 5.82 Å². The lowest BCUT2D eigenvalue weighted by atomic mass is 10.1. The van der Waals surface area contributed by atoms with Gasteiger partial charge >= 0.3 is 0 Å². The maximum absolute atomic E-state index is 4.72. The molecule has 0 N–H and O–H groups in total. The van der Waals surface area contributed by atoms with Crippen LogP contribution in [0.5, 0.6) is 0 Å². The summed E-state index contributed by atoms with van der Waals surface area (Å²) in [6.45, 7) is 5.38. The lowest BCUT2D eigenvalue weighted by Gasteiger charge is -2.26. The molecule has 2 saturated heterocycles. The highest BCUT2D eigenvalue weighted by Crippen LogP contribution is 2.35. The molecule has 0 unspecified atom stereocenters. The first-order chi connectivity index (χ1) is 10.7. The van der Waals surface area contributed by atoms with Crippen molar-refractivity contribution in [1.29, 1.82) is 0 Å². The Morgan fingerprint density at radius 3 is 2.82 bits per heavy atom. The summed E-state index contributed by atoms with van der Waals surface area (Å²) in [6.07, 6.45) is 6.59. The van der Waals surface area contributed by atoms with Crippen molar-refractivity contribution in [3.05, 3.63) is 41.9 Å². The van der Waals surface area contributed by atoms with Gasteiger partial charge in [0.1, 0.15) is 5.82 Å². The lowest BCUT2D eigenvalue weighted by Crippen LogP contribution is -2.36. The first-order valence-corrected chi connectivity index (χ1v) is 8.12. The van der Waals surface area contributed by atoms with Crippen molar-refractivity contribution in [2.24, 2.45) is 7.05 Å². The Balaban J connectivity index is 1.49. The quantitative estimate of drug-likeness (QED) is 0.868. The van der Waals surface area contributed by atoms with Crippen LogP contribution >= 0.6 is 0 Å². The number of aryl methyl sites for hydroxylation is 2. The zero-order valence-corrected chi connectivity index (χ0v) is 13.3. The van der Waals surface area contributed by atoms with E-state index < -0.39 is 0 Å². The molecule has 0 aliphatic carbocycles. The van der Waals surface area contributed by atoms with Gasteiger partial charge in [-0.1, -0.05) is 6.07 Å². The van der Waals surface area contributed by atoms with Crippen LogP contribution in [0.1, 0.15) is 24.1 Å². The van der Waals surface area contributed by atoms with E-state index in [-0.39, 0.29) is 0 Å². The molecule has 2 aromatic rings. The maximum Gasteiger partial charge on any atom is 0.129 e. The van der Waals surface area contributed by atoms with Crippen LogP contribution in [0.15, 0.2) is 30.6 Å². The summed E-state index contributed by atoms with van der Waals surface area (Å²) in [6, 6.07) is 7.61. The van der Waals surface area contributed by atoms with Gasteiger partial charge in [-0.25, -0.2) is 4.98 Å². The molecule has 2 aromatic heterocycles. The molecule has 0 saturated carbocycles. The summed E-state index contributed by atoms with van der Waals surface area (Å²) < 4.78 is 1.89. The van der Waals surface area contributed by atoms with Crippen LogP contribution in [0.25, 0.3) is 0 Å². The number of anilines is 1. The smallest absolute Gasteiger partial charge is 0.129 e. The minimum atomic E-state index is 0.617. The van der Waals surface area contributed by atoms with E-state index in [1.807, 2.05) is 17.9 Å². The Hall–Kier alpha value is -1.88. The number of hydrogen-bond acceptors (Lipinski definition) is 4. The monoisotopic (exact) mass is 297 g/mol. The van der Waals surface area contributed by atoms with Gasteiger partial charge in [0, 0.05) is 56.2 Å². The fourth-order valence-corrected chi connectivity index (χ4v) is 4.03. The highest BCUT2D eigenvalue weighted by Gasteiger charge is 2.42. The molecule has 2 fully saturated rings. The molecule has 5 heteroatoms. The number of pyridine rings is 1. The molecule has 116 valence electrons. The molecule has 22 heavy (non-hydrogen) atoms. The normalized spacial score (nSPS) is 24.9. The number of nitrogens with zero attached hydrogens (tertiary/aromatic N) is 5. The molecule has 0 spiro atoms. The molecule has 0 amide bonds. The zero-order chi connectivity index (χ0) is 15.1. The van der Waals surface area contributed by atoms with E-state index >= 15 is 0 Å². The highest BCUT2D eigenvalue weighted by molar-refractivity contribution is 5.43. The molecule has 4 rings (SSSR count). The second-order valence-corrected chi connectivity index (χ2v) is 6.54. The van der Waals surface area contributed by atoms with Crippen molar-refractivity contribution in [1.82, 2.24) is 19.7 Å². The van der Waals surface area contributed by atoms with Gasteiger partial charge in [0.15, 0.2) is 0 Å². The number of hydrogen-bond donors (Lipinski definition) is 0. The first kappa shape index (κ1) is 13.8. The maximum atomic E-state index is 4.72. The summed E-state index contributed by atoms with van der Waals surface area (Å²) in [4.78, 5) is 9.86. The molecule has 5 nitrogen and oxygen atoms in total. The number of rotatable bonds is 3. The van der Waals surface area contributed by atoms with Crippen LogP contribution in [-0.4, -0.2) is 44.8 Å². The Morgan fingerprint density at radius 2 is 2.05 bits per heavy atom. The topological polar surface area (TPSA) is 37.2 Å². The minimum Gasteiger partial charge on any atom is -0.352 e. The third kappa shape index (κ3) is 2.39. The fraction of sp³-hybridized carbons (Fsp3) is 0.529. The molecule has 0 aromatic carbocycles. The fourth-order valence-electron chi connectivity index (χ4n) is 4.03. The Morgan fingerprint density at radius 1 is 1.18 bits per heavy atom. The molecule has 2 atom stereocenters. The van der Waals surface area contributed by atoms with Crippen LogP contribution < -0.4 is 4.90 Å². The summed E-state index contributed by atoms with van der Waals surface area (Å²) >= 11 is 0. The van der Waals surface area contributed by atoms with Gasteiger partial charge in [0.2, 0.25) is 0 Å². The third-order valence-electron chi connectivity index (χ3n) is 5.00. The predicted molar refractivity (Wildman–Crippen MR) is 86.7 cm³/mol. The van der Waals surface area contributed by atoms with E-state index in [2.05, 4.69) is 46.2 Å². The SMILES string of the molecule is Cc1cccc(N2CC[C@@H]3[C@H]2CCN3Cc2cnn(C)c2)n1. The second kappa shape index (κ2) is 5.39. The van der Waals surface area contributed by atoms with E-state index in [4.69, 9.17) is 4.98 Å². The van der Waals surface area contributed by atoms with Crippen molar-refractivity contribution in [2.75, 3.05) is 18.0 Å². The van der Waals surface area contributed by atoms with Gasteiger partial charge in [-0.3, -0.25) is 9.58 Å². The van der Waals surface area contributed by atoms with Crippen molar-refractivity contribution >= 4 is 5.82 Å². The molecule has 4 heterocycles. The first-order valence-electron chi connectivity index (χ1n) is 8.12. The van der Waals surface area contributed by atoms with Gasteiger partial charge in [-0.2, -0.15) is 5.10 Å². The van der Waals surface area contributed by atoms with Crippen LogP contribution in [0.3, 0.4) is 0 Å². The minimum absolute atomic E-state index is 0.617. The zero-order valence-electron chi connectivity index (χ0n) is 13.3. The number of likely N-dealkylation sites (tertiary alicyclic amines) is 1. The molecular weight excluding hydrogens is 274 g/mol. The number of aromatic nitrogens is 3. The van der Waals surface area contributed by atoms with Gasteiger partial charge in [0.05, 0.1) is 6.20 Å². The Kier molecular flexibility index (Phi) is 3.37. The standard InChI is InChI=1S/C17H23N5/c1-13-4-3-5-17(19-13)22-9-7-15-16(22)6-8-21(15)12-14-10-18-20(2)11-14/h3-5,10-11,15-16H,6-9,12H2,1-2H3/t15-,16-/m1/s1.